The Balaban J connectivity index is 1.54. The number of aromatic nitrogens is 2. The van der Waals surface area contributed by atoms with Crippen LogP contribution in [0.3, 0.4) is 0 Å². The Kier molecular flexibility index (Phi) is 12.5. The van der Waals surface area contributed by atoms with E-state index >= 15 is 0 Å². The molecule has 186 valence electrons. The molecule has 2 aromatic rings. The number of benzene rings is 1. The number of aromatic amines is 1. The van der Waals surface area contributed by atoms with Crippen LogP contribution in [0.15, 0.2) is 40.0 Å². The van der Waals surface area contributed by atoms with Gasteiger partial charge in [0.1, 0.15) is 0 Å². The first-order chi connectivity index (χ1) is 15.9. The van der Waals surface area contributed by atoms with Gasteiger partial charge in [0.15, 0.2) is 0 Å². The van der Waals surface area contributed by atoms with Crippen LogP contribution in [0.25, 0.3) is 5.69 Å². The maximum absolute atomic E-state index is 12.2. The fourth-order valence-corrected chi connectivity index (χ4v) is 4.70. The number of hydrogen-bond donors (Lipinski definition) is 2. The van der Waals surface area contributed by atoms with Gasteiger partial charge in [-0.25, -0.2) is 4.68 Å². The molecular weight excluding hydrogens is 436 g/mol. The molecule has 1 aromatic carbocycles. The molecule has 7 heteroatoms. The van der Waals surface area contributed by atoms with Crippen molar-refractivity contribution < 1.29 is 13.0 Å². The van der Waals surface area contributed by atoms with Crippen molar-refractivity contribution in [2.45, 2.75) is 115 Å². The lowest BCUT2D eigenvalue weighted by Crippen LogP contribution is -2.13. The average molecular weight is 479 g/mol. The van der Waals surface area contributed by atoms with E-state index in [2.05, 4.69) is 12.0 Å². The van der Waals surface area contributed by atoms with E-state index in [1.54, 1.807) is 6.07 Å². The van der Waals surface area contributed by atoms with Crippen LogP contribution >= 0.6 is 0 Å². The molecule has 1 aromatic heterocycles. The van der Waals surface area contributed by atoms with E-state index in [9.17, 15) is 13.2 Å². The van der Waals surface area contributed by atoms with E-state index in [0.29, 0.717) is 5.69 Å². The number of nitrogens with one attached hydrogen (secondary N) is 1. The summed E-state index contributed by atoms with van der Waals surface area (Å²) in [5, 5.41) is 3.10. The summed E-state index contributed by atoms with van der Waals surface area (Å²) < 4.78 is 32.8. The molecule has 2 N–H and O–H groups in total. The SMILES string of the molecule is CCCCCCCCCCCCCCCCCc1cc(=O)n(-c2ccc(S(=O)(=O)O)cc2)[nH]1. The van der Waals surface area contributed by atoms with Gasteiger partial charge in [-0.2, -0.15) is 8.42 Å². The van der Waals surface area contributed by atoms with Crippen LogP contribution in [0.1, 0.15) is 109 Å². The van der Waals surface area contributed by atoms with Crippen LogP contribution < -0.4 is 5.56 Å². The molecule has 0 aliphatic rings. The van der Waals surface area contributed by atoms with Crippen molar-refractivity contribution in [3.63, 3.8) is 0 Å². The van der Waals surface area contributed by atoms with Gasteiger partial charge < -0.3 is 0 Å². The highest BCUT2D eigenvalue weighted by atomic mass is 32.2. The largest absolute Gasteiger partial charge is 0.295 e. The Bertz CT molecular complexity index is 945. The van der Waals surface area contributed by atoms with E-state index in [1.165, 1.54) is 112 Å². The molecule has 0 bridgehead atoms. The molecule has 2 rings (SSSR count). The van der Waals surface area contributed by atoms with Crippen molar-refractivity contribution in [3.8, 4) is 5.69 Å². The topological polar surface area (TPSA) is 92.2 Å². The molecule has 0 saturated heterocycles. The van der Waals surface area contributed by atoms with Crippen molar-refractivity contribution in [3.05, 3.63) is 46.4 Å². The van der Waals surface area contributed by atoms with E-state index in [-0.39, 0.29) is 10.5 Å². The minimum Gasteiger partial charge on any atom is -0.295 e. The first-order valence-electron chi connectivity index (χ1n) is 12.8. The number of aryl methyl sites for hydroxylation is 1. The van der Waals surface area contributed by atoms with Crippen LogP contribution in [-0.2, 0) is 16.5 Å². The van der Waals surface area contributed by atoms with Gasteiger partial charge in [-0.15, -0.1) is 0 Å². The highest BCUT2D eigenvalue weighted by molar-refractivity contribution is 7.85. The number of H-pyrrole nitrogens is 1. The summed E-state index contributed by atoms with van der Waals surface area (Å²) in [6.45, 7) is 2.27. The third-order valence-corrected chi connectivity index (χ3v) is 7.08. The number of rotatable bonds is 18. The van der Waals surface area contributed by atoms with Crippen molar-refractivity contribution in [1.82, 2.24) is 9.78 Å². The van der Waals surface area contributed by atoms with Crippen LogP contribution in [0.2, 0.25) is 0 Å². The quantitative estimate of drug-likeness (QED) is 0.181. The van der Waals surface area contributed by atoms with Crippen LogP contribution in [0.5, 0.6) is 0 Å². The number of hydrogen-bond acceptors (Lipinski definition) is 3. The minimum absolute atomic E-state index is 0.175. The molecule has 33 heavy (non-hydrogen) atoms. The molecule has 0 saturated carbocycles. The summed E-state index contributed by atoms with van der Waals surface area (Å²) in [4.78, 5) is 12.1. The molecule has 6 nitrogen and oxygen atoms in total. The van der Waals surface area contributed by atoms with Gasteiger partial charge in [-0.1, -0.05) is 96.8 Å². The normalized spacial score (nSPS) is 11.8. The number of nitrogens with zero attached hydrogens (tertiary/aromatic N) is 1. The van der Waals surface area contributed by atoms with Crippen LogP contribution in [0.4, 0.5) is 0 Å². The monoisotopic (exact) mass is 478 g/mol. The Morgan fingerprint density at radius 2 is 1.21 bits per heavy atom. The van der Waals surface area contributed by atoms with Crippen LogP contribution in [-0.4, -0.2) is 22.8 Å². The van der Waals surface area contributed by atoms with E-state index < -0.39 is 10.1 Å². The zero-order chi connectivity index (χ0) is 23.9. The lowest BCUT2D eigenvalue weighted by molar-refractivity contribution is 0.483. The molecule has 0 fully saturated rings. The molecule has 0 radical (unpaired) electrons. The lowest BCUT2D eigenvalue weighted by Gasteiger charge is -2.04. The third kappa shape index (κ3) is 10.7. The molecule has 0 atom stereocenters. The zero-order valence-corrected chi connectivity index (χ0v) is 21.0. The smallest absolute Gasteiger partial charge is 0.294 e. The second-order valence-electron chi connectivity index (χ2n) is 9.12. The molecule has 0 unspecified atom stereocenters. The first-order valence-corrected chi connectivity index (χ1v) is 14.2. The predicted octanol–water partition coefficient (Wildman–Crippen LogP) is 6.83. The third-order valence-electron chi connectivity index (χ3n) is 6.22. The highest BCUT2D eigenvalue weighted by Crippen LogP contribution is 2.15. The molecule has 0 aliphatic carbocycles. The average Bonchev–Trinajstić information content (AvgIpc) is 3.16. The van der Waals surface area contributed by atoms with Gasteiger partial charge in [-0.05, 0) is 37.1 Å². The Morgan fingerprint density at radius 3 is 1.67 bits per heavy atom. The summed E-state index contributed by atoms with van der Waals surface area (Å²) in [5.74, 6) is 0. The summed E-state index contributed by atoms with van der Waals surface area (Å²) in [6.07, 6.45) is 20.7. The summed E-state index contributed by atoms with van der Waals surface area (Å²) in [7, 11) is -4.24. The fourth-order valence-electron chi connectivity index (χ4n) is 4.22. The Morgan fingerprint density at radius 1 is 0.758 bits per heavy atom. The second kappa shape index (κ2) is 15.1. The molecule has 0 aliphatic heterocycles. The summed E-state index contributed by atoms with van der Waals surface area (Å²) in [5.41, 5.74) is 1.24. The zero-order valence-electron chi connectivity index (χ0n) is 20.2. The van der Waals surface area contributed by atoms with Crippen molar-refractivity contribution in [2.75, 3.05) is 0 Å². The van der Waals surface area contributed by atoms with Crippen molar-refractivity contribution >= 4 is 10.1 Å². The lowest BCUT2D eigenvalue weighted by atomic mass is 10.0. The second-order valence-corrected chi connectivity index (χ2v) is 10.5. The van der Waals surface area contributed by atoms with E-state index in [0.717, 1.165) is 25.0 Å². The Hall–Kier alpha value is -1.86. The molecule has 0 amide bonds. The molecule has 1 heterocycles. The fraction of sp³-hybridized carbons (Fsp3) is 0.654. The van der Waals surface area contributed by atoms with Gasteiger partial charge in [0.05, 0.1) is 10.6 Å². The maximum atomic E-state index is 12.2. The summed E-state index contributed by atoms with van der Waals surface area (Å²) in [6, 6.07) is 7.16. The maximum Gasteiger partial charge on any atom is 0.294 e. The standard InChI is InChI=1S/C26H42N2O4S/c1-2-3-4-5-6-7-8-9-10-11-12-13-14-15-16-17-23-22-26(29)28(27-23)24-18-20-25(21-19-24)33(30,31)32/h18-22,27H,2-17H2,1H3,(H,30,31,32). The van der Waals surface area contributed by atoms with Gasteiger partial charge in [0.25, 0.3) is 15.7 Å². The van der Waals surface area contributed by atoms with E-state index in [4.69, 9.17) is 4.55 Å². The van der Waals surface area contributed by atoms with Gasteiger partial charge in [0.2, 0.25) is 0 Å². The highest BCUT2D eigenvalue weighted by Gasteiger charge is 2.10. The van der Waals surface area contributed by atoms with Crippen molar-refractivity contribution in [1.29, 1.82) is 0 Å². The number of unbranched alkanes of at least 4 members (excludes halogenated alkanes) is 14. The Labute approximate surface area is 199 Å². The summed E-state index contributed by atoms with van der Waals surface area (Å²) >= 11 is 0. The minimum atomic E-state index is -4.24. The van der Waals surface area contributed by atoms with Crippen LogP contribution in [0, 0.1) is 0 Å². The van der Waals surface area contributed by atoms with Gasteiger partial charge in [0, 0.05) is 11.8 Å². The molecule has 0 spiro atoms. The predicted molar refractivity (Wildman–Crippen MR) is 135 cm³/mol. The first kappa shape index (κ1) is 27.4. The molecular formula is C26H42N2O4S. The van der Waals surface area contributed by atoms with Crippen molar-refractivity contribution in [2.24, 2.45) is 0 Å². The van der Waals surface area contributed by atoms with E-state index in [1.807, 2.05) is 0 Å². The van der Waals surface area contributed by atoms with Gasteiger partial charge in [-0.3, -0.25) is 14.4 Å². The van der Waals surface area contributed by atoms with Gasteiger partial charge >= 0.3 is 0 Å².